The number of likely N-dealkylation sites (N-methyl/N-ethyl adjacent to an activating group) is 2. The lowest BCUT2D eigenvalue weighted by Gasteiger charge is -2.41. The van der Waals surface area contributed by atoms with Crippen molar-refractivity contribution in [2.75, 3.05) is 46.2 Å². The summed E-state index contributed by atoms with van der Waals surface area (Å²) in [4.78, 5) is 161. The number of aliphatic hydroxyl groups excluding tert-OH is 1. The molecule has 12 amide bonds. The van der Waals surface area contributed by atoms with Crippen molar-refractivity contribution in [3.63, 3.8) is 0 Å². The number of imide groups is 1. The molecule has 12 atom stereocenters. The van der Waals surface area contributed by atoms with Gasteiger partial charge in [-0.3, -0.25) is 62.0 Å². The zero-order valence-corrected chi connectivity index (χ0v) is 57.9. The van der Waals surface area contributed by atoms with Crippen molar-refractivity contribution in [2.24, 2.45) is 35.3 Å². The van der Waals surface area contributed by atoms with E-state index < -0.39 is 128 Å². The summed E-state index contributed by atoms with van der Waals surface area (Å²) in [6.45, 7) is 16.2. The van der Waals surface area contributed by atoms with Crippen LogP contribution in [0.1, 0.15) is 138 Å². The molecule has 0 radical (unpaired) electrons. The highest BCUT2D eigenvalue weighted by atomic mass is 31.1. The molecule has 0 aromatic heterocycles. The minimum absolute atomic E-state index is 0.0747. The van der Waals surface area contributed by atoms with Crippen molar-refractivity contribution in [1.29, 1.82) is 0 Å². The number of ether oxygens (including phenoxy) is 2. The number of hydrogen-bond donors (Lipinski definition) is 9. The Labute approximate surface area is 558 Å². The second-order valence-electron chi connectivity index (χ2n) is 25.5. The molecular weight excluding hydrogens is 1250 g/mol. The fourth-order valence-corrected chi connectivity index (χ4v) is 12.1. The van der Waals surface area contributed by atoms with E-state index in [4.69, 9.17) is 19.7 Å². The van der Waals surface area contributed by atoms with E-state index in [1.54, 1.807) is 103 Å². The van der Waals surface area contributed by atoms with E-state index in [-0.39, 0.29) is 87.9 Å². The number of carbonyl (C=O) groups excluding carboxylic acids is 11. The number of nitrogens with two attached hydrogens (primary N) is 1. The Morgan fingerprint density at radius 3 is 1.97 bits per heavy atom. The van der Waals surface area contributed by atoms with Crippen LogP contribution in [0.4, 0.5) is 15.3 Å². The Bertz CT molecular complexity index is 2960. The SMILES string of the molecule is CCC(C)[C@@H]([C@@H](CC(=O)N1CCC[C@H]1C(O)[C@H](C)C(=O)NC(Cc1ccccc1)O[PH](=O)O)OC)N(C)C(=O)[C@@H](NC(=O)[C@H](C(C)C)N(C)C(=O)OCc1ccc(NC(=O)[C@H](CCCNC(N)=O)NC(=O)[C@@H](NC(=O)CCCCCN2C(=O)C=CC2=O)C(C)C)cc1)C(C)C. The minimum Gasteiger partial charge on any atom is -0.445 e. The average molecular weight is 1350 g/mol. The maximum absolute atomic E-state index is 14.8. The molecule has 1 fully saturated rings. The van der Waals surface area contributed by atoms with Gasteiger partial charge in [0.15, 0.2) is 0 Å². The van der Waals surface area contributed by atoms with Crippen LogP contribution in [0, 0.1) is 29.6 Å². The number of urea groups is 1. The molecule has 0 spiro atoms. The van der Waals surface area contributed by atoms with Crippen molar-refractivity contribution in [2.45, 2.75) is 194 Å². The molecule has 0 saturated carbocycles. The molecule has 4 unspecified atom stereocenters. The number of anilines is 1. The summed E-state index contributed by atoms with van der Waals surface area (Å²) in [6.07, 6.45) is 1.51. The van der Waals surface area contributed by atoms with Crippen LogP contribution in [0.25, 0.3) is 0 Å². The summed E-state index contributed by atoms with van der Waals surface area (Å²) >= 11 is 0. The third-order valence-electron chi connectivity index (χ3n) is 17.3. The second-order valence-corrected chi connectivity index (χ2v) is 26.2. The summed E-state index contributed by atoms with van der Waals surface area (Å²) in [5.41, 5.74) is 6.81. The zero-order valence-electron chi connectivity index (χ0n) is 56.9. The van der Waals surface area contributed by atoms with Crippen LogP contribution in [0.3, 0.4) is 0 Å². The number of aliphatic hydroxyl groups is 1. The van der Waals surface area contributed by atoms with Crippen molar-refractivity contribution in [1.82, 2.24) is 46.2 Å². The molecular formula is C66H102N11O17P. The van der Waals surface area contributed by atoms with E-state index in [0.717, 1.165) is 15.4 Å². The van der Waals surface area contributed by atoms with Crippen molar-refractivity contribution in [3.8, 4) is 0 Å². The second kappa shape index (κ2) is 39.3. The fraction of sp³-hybridized carbons (Fsp3) is 0.621. The number of benzene rings is 2. The number of hydrogen-bond acceptors (Lipinski definition) is 16. The highest BCUT2D eigenvalue weighted by Gasteiger charge is 2.44. The molecule has 29 heteroatoms. The van der Waals surface area contributed by atoms with Crippen LogP contribution in [0.5, 0.6) is 0 Å². The third kappa shape index (κ3) is 24.7. The molecule has 2 aromatic carbocycles. The summed E-state index contributed by atoms with van der Waals surface area (Å²) < 4.78 is 28.6. The summed E-state index contributed by atoms with van der Waals surface area (Å²) in [5.74, 6) is -7.08. The minimum atomic E-state index is -3.46. The predicted octanol–water partition coefficient (Wildman–Crippen LogP) is 4.27. The van der Waals surface area contributed by atoms with Crippen LogP contribution in [0.2, 0.25) is 0 Å². The first-order chi connectivity index (χ1) is 44.9. The third-order valence-corrected chi connectivity index (χ3v) is 17.8. The topological polar surface area (TPSA) is 384 Å². The molecule has 2 aromatic rings. The predicted molar refractivity (Wildman–Crippen MR) is 354 cm³/mol. The Hall–Kier alpha value is -7.78. The summed E-state index contributed by atoms with van der Waals surface area (Å²) in [5, 5.41) is 27.9. The Morgan fingerprint density at radius 2 is 1.39 bits per heavy atom. The van der Waals surface area contributed by atoms with Gasteiger partial charge in [0.2, 0.25) is 41.4 Å². The Balaban J connectivity index is 1.37. The number of carbonyl (C=O) groups is 11. The number of primary amides is 1. The Kier molecular flexibility index (Phi) is 33.0. The van der Waals surface area contributed by atoms with Gasteiger partial charge in [0, 0.05) is 71.5 Å². The van der Waals surface area contributed by atoms with Crippen LogP contribution in [-0.4, -0.2) is 190 Å². The molecule has 2 aliphatic rings. The van der Waals surface area contributed by atoms with E-state index in [1.165, 1.54) is 43.0 Å². The van der Waals surface area contributed by atoms with E-state index in [2.05, 4.69) is 31.9 Å². The first-order valence-electron chi connectivity index (χ1n) is 32.7. The quantitative estimate of drug-likeness (QED) is 0.0195. The largest absolute Gasteiger partial charge is 0.445 e. The molecule has 28 nitrogen and oxygen atoms in total. The van der Waals surface area contributed by atoms with Crippen molar-refractivity contribution < 1.29 is 81.3 Å². The summed E-state index contributed by atoms with van der Waals surface area (Å²) in [7, 11) is 0.985. The molecule has 0 bridgehead atoms. The highest BCUT2D eigenvalue weighted by molar-refractivity contribution is 7.32. The van der Waals surface area contributed by atoms with Gasteiger partial charge in [-0.2, -0.15) is 0 Å². The number of rotatable bonds is 39. The Morgan fingerprint density at radius 1 is 0.747 bits per heavy atom. The lowest BCUT2D eigenvalue weighted by atomic mass is 9.89. The first-order valence-corrected chi connectivity index (χ1v) is 33.9. The van der Waals surface area contributed by atoms with Gasteiger partial charge >= 0.3 is 20.4 Å². The van der Waals surface area contributed by atoms with Crippen LogP contribution in [-0.2, 0) is 74.7 Å². The van der Waals surface area contributed by atoms with Gasteiger partial charge in [0.1, 0.15) is 37.0 Å². The molecule has 4 rings (SSSR count). The van der Waals surface area contributed by atoms with Crippen LogP contribution in [0.15, 0.2) is 66.7 Å². The molecule has 95 heavy (non-hydrogen) atoms. The van der Waals surface area contributed by atoms with Gasteiger partial charge in [-0.05, 0) is 85.5 Å². The van der Waals surface area contributed by atoms with Crippen molar-refractivity contribution >= 4 is 79.2 Å². The number of likely N-dealkylation sites (tertiary alicyclic amines) is 1. The molecule has 10 N–H and O–H groups in total. The van der Waals surface area contributed by atoms with Gasteiger partial charge in [-0.15, -0.1) is 0 Å². The van der Waals surface area contributed by atoms with E-state index in [0.29, 0.717) is 49.8 Å². The maximum atomic E-state index is 14.8. The fourth-order valence-electron chi connectivity index (χ4n) is 11.7. The van der Waals surface area contributed by atoms with Gasteiger partial charge in [-0.25, -0.2) is 9.59 Å². The van der Waals surface area contributed by atoms with E-state index >= 15 is 0 Å². The maximum Gasteiger partial charge on any atom is 0.410 e. The van der Waals surface area contributed by atoms with Crippen LogP contribution >= 0.6 is 8.25 Å². The lowest BCUT2D eigenvalue weighted by molar-refractivity contribution is -0.147. The molecule has 2 aliphatic heterocycles. The monoisotopic (exact) mass is 1350 g/mol. The number of unbranched alkanes of at least 4 members (excludes halogenated alkanes) is 2. The molecule has 1 saturated heterocycles. The lowest BCUT2D eigenvalue weighted by Crippen LogP contribution is -2.60. The molecule has 2 heterocycles. The smallest absolute Gasteiger partial charge is 0.410 e. The number of methoxy groups -OCH3 is 1. The summed E-state index contributed by atoms with van der Waals surface area (Å²) in [6, 6.07) is 8.67. The number of amides is 12. The standard InChI is InChI=1S/C66H102N11O17P/c1-13-42(8)58(49(92-12)37-54(81)76-35-21-25-48(76)59(82)43(9)60(83)72-51(94-95(90)91)36-44-22-16-14-17-23-44)74(10)64(87)56(40(4)5)73-63(86)57(41(6)7)75(11)66(89)93-38-45-27-29-46(30-28-45)69-61(84)47(24-20-33-68-65(67)88)70-62(85)55(39(2)3)71-50(78)26-18-15-19-34-77-52(79)31-32-53(77)80/h14,16-17,22-23,27-32,39-43,47-49,51,55-59,82,95H,13,15,18-21,24-26,33-38H2,1-12H3,(H,69,84)(H,70,85)(H,71,78)(H,72,83)(H,73,86)(H,90,91)(H3,67,68,88)/t42?,43-,47-,48-,49+,51?,55-,56-,57-,58-,59?/m0/s1. The van der Waals surface area contributed by atoms with Gasteiger partial charge in [0.25, 0.3) is 11.8 Å². The van der Waals surface area contributed by atoms with E-state index in [1.807, 2.05) is 13.8 Å². The molecule has 0 aliphatic carbocycles. The normalized spacial score (nSPS) is 17.3. The zero-order chi connectivity index (χ0) is 70.8. The number of nitrogens with one attached hydrogen (secondary N) is 6. The van der Waals surface area contributed by atoms with Crippen LogP contribution < -0.4 is 37.6 Å². The van der Waals surface area contributed by atoms with Gasteiger partial charge < -0.3 is 66.9 Å². The number of nitrogens with zero attached hydrogens (tertiary/aromatic N) is 4. The highest BCUT2D eigenvalue weighted by Crippen LogP contribution is 2.30. The van der Waals surface area contributed by atoms with Gasteiger partial charge in [0.05, 0.1) is 36.6 Å². The first kappa shape index (κ1) is 79.7. The van der Waals surface area contributed by atoms with Gasteiger partial charge in [-0.1, -0.05) is 118 Å². The average Bonchev–Trinajstić information content (AvgIpc) is 1.80. The van der Waals surface area contributed by atoms with E-state index in [9.17, 15) is 67.3 Å². The van der Waals surface area contributed by atoms with Crippen molar-refractivity contribution in [3.05, 3.63) is 77.9 Å². The molecule has 528 valence electrons.